The molecule has 1 aliphatic rings. The standard InChI is InChI=1S/C14H14N2O4S.C8H17N/c1-15(11-12-5-3-2-4-6-12)21(19,20)14-9-7-13(8-10-14)16(17)18;1-9(2)8-6-4-3-5-7-8/h2-10H,11H2,1H3;8H,3-7H2,1-2H3. The fourth-order valence-electron chi connectivity index (χ4n) is 3.44. The first-order valence-electron chi connectivity index (χ1n) is 10.1. The van der Waals surface area contributed by atoms with Crippen molar-refractivity contribution < 1.29 is 13.3 Å². The second-order valence-electron chi connectivity index (χ2n) is 7.75. The van der Waals surface area contributed by atoms with Gasteiger partial charge in [0.2, 0.25) is 10.0 Å². The Hall–Kier alpha value is -2.29. The van der Waals surface area contributed by atoms with Gasteiger partial charge in [-0.1, -0.05) is 49.6 Å². The Morgan fingerprint density at radius 2 is 1.50 bits per heavy atom. The minimum Gasteiger partial charge on any atom is -0.306 e. The van der Waals surface area contributed by atoms with Crippen LogP contribution in [0.3, 0.4) is 0 Å². The molecular weight excluding hydrogens is 402 g/mol. The SMILES string of the molecule is CN(C)C1CCCCC1.CN(Cc1ccccc1)S(=O)(=O)c1ccc([N+](=O)[O-])cc1. The fourth-order valence-corrected chi connectivity index (χ4v) is 4.60. The maximum atomic E-state index is 12.4. The number of nitrogens with zero attached hydrogens (tertiary/aromatic N) is 3. The minimum atomic E-state index is -3.67. The monoisotopic (exact) mass is 433 g/mol. The maximum Gasteiger partial charge on any atom is 0.269 e. The second kappa shape index (κ2) is 11.2. The molecule has 0 aromatic heterocycles. The van der Waals surface area contributed by atoms with Gasteiger partial charge >= 0.3 is 0 Å². The molecule has 7 nitrogen and oxygen atoms in total. The van der Waals surface area contributed by atoms with E-state index in [1.165, 1.54) is 67.7 Å². The lowest BCUT2D eigenvalue weighted by Crippen LogP contribution is -2.29. The first-order valence-corrected chi connectivity index (χ1v) is 11.6. The molecule has 0 amide bonds. The lowest BCUT2D eigenvalue weighted by Gasteiger charge is -2.27. The van der Waals surface area contributed by atoms with Crippen LogP contribution in [-0.4, -0.2) is 49.7 Å². The third-order valence-corrected chi connectivity index (χ3v) is 7.13. The highest BCUT2D eigenvalue weighted by Gasteiger charge is 2.21. The van der Waals surface area contributed by atoms with Crippen molar-refractivity contribution in [1.29, 1.82) is 0 Å². The van der Waals surface area contributed by atoms with Gasteiger partial charge in [-0.2, -0.15) is 4.31 Å². The van der Waals surface area contributed by atoms with Crippen LogP contribution in [0.5, 0.6) is 0 Å². The molecule has 0 spiro atoms. The van der Waals surface area contributed by atoms with Crippen molar-refractivity contribution in [2.75, 3.05) is 21.1 Å². The zero-order valence-electron chi connectivity index (χ0n) is 17.9. The third kappa shape index (κ3) is 6.90. The molecule has 1 fully saturated rings. The molecule has 2 aromatic carbocycles. The van der Waals surface area contributed by atoms with Crippen molar-refractivity contribution in [2.24, 2.45) is 0 Å². The smallest absolute Gasteiger partial charge is 0.269 e. The van der Waals surface area contributed by atoms with Crippen molar-refractivity contribution in [2.45, 2.75) is 49.6 Å². The summed E-state index contributed by atoms with van der Waals surface area (Å²) in [6.45, 7) is 0.236. The summed E-state index contributed by atoms with van der Waals surface area (Å²) in [6.07, 6.45) is 7.20. The van der Waals surface area contributed by atoms with Crippen LogP contribution in [0.4, 0.5) is 5.69 Å². The van der Waals surface area contributed by atoms with E-state index in [-0.39, 0.29) is 17.1 Å². The number of non-ortho nitro benzene ring substituents is 1. The van der Waals surface area contributed by atoms with E-state index < -0.39 is 14.9 Å². The molecule has 1 aliphatic carbocycles. The van der Waals surface area contributed by atoms with Crippen LogP contribution < -0.4 is 0 Å². The highest BCUT2D eigenvalue weighted by atomic mass is 32.2. The summed E-state index contributed by atoms with van der Waals surface area (Å²) < 4.78 is 26.0. The van der Waals surface area contributed by atoms with Crippen molar-refractivity contribution in [3.63, 3.8) is 0 Å². The molecule has 2 aromatic rings. The molecule has 0 unspecified atom stereocenters. The third-order valence-electron chi connectivity index (χ3n) is 5.31. The fraction of sp³-hybridized carbons (Fsp3) is 0.455. The van der Waals surface area contributed by atoms with Crippen molar-refractivity contribution >= 4 is 15.7 Å². The molecule has 0 aliphatic heterocycles. The normalized spacial score (nSPS) is 15.0. The van der Waals surface area contributed by atoms with Crippen molar-refractivity contribution in [3.8, 4) is 0 Å². The van der Waals surface area contributed by atoms with Crippen LogP contribution >= 0.6 is 0 Å². The predicted octanol–water partition coefficient (Wildman–Crippen LogP) is 4.30. The summed E-state index contributed by atoms with van der Waals surface area (Å²) in [5.74, 6) is 0. The predicted molar refractivity (Wildman–Crippen MR) is 119 cm³/mol. The molecular formula is C22H31N3O4S. The number of benzene rings is 2. The lowest BCUT2D eigenvalue weighted by atomic mass is 9.95. The molecule has 30 heavy (non-hydrogen) atoms. The maximum absolute atomic E-state index is 12.4. The quantitative estimate of drug-likeness (QED) is 0.501. The Balaban J connectivity index is 0.000000297. The summed E-state index contributed by atoms with van der Waals surface area (Å²) in [6, 6.07) is 14.9. The van der Waals surface area contributed by atoms with Gasteiger partial charge in [0.05, 0.1) is 9.82 Å². The topological polar surface area (TPSA) is 83.8 Å². The average Bonchev–Trinajstić information content (AvgIpc) is 2.75. The molecule has 1 saturated carbocycles. The molecule has 0 heterocycles. The summed E-state index contributed by atoms with van der Waals surface area (Å²) in [5.41, 5.74) is 0.727. The molecule has 0 N–H and O–H groups in total. The van der Waals surface area contributed by atoms with Crippen LogP contribution in [0.15, 0.2) is 59.5 Å². The van der Waals surface area contributed by atoms with E-state index >= 15 is 0 Å². The molecule has 8 heteroatoms. The van der Waals surface area contributed by atoms with Crippen LogP contribution in [0, 0.1) is 10.1 Å². The summed E-state index contributed by atoms with van der Waals surface area (Å²) >= 11 is 0. The second-order valence-corrected chi connectivity index (χ2v) is 9.80. The van der Waals surface area contributed by atoms with E-state index in [1.807, 2.05) is 30.3 Å². The van der Waals surface area contributed by atoms with Gasteiger partial charge in [0, 0.05) is 31.8 Å². The Morgan fingerprint density at radius 3 is 1.97 bits per heavy atom. The zero-order chi connectivity index (χ0) is 22.1. The van der Waals surface area contributed by atoms with Gasteiger partial charge in [0.25, 0.3) is 5.69 Å². The first kappa shape index (κ1) is 24.0. The summed E-state index contributed by atoms with van der Waals surface area (Å²) in [5, 5.41) is 10.6. The van der Waals surface area contributed by atoms with Gasteiger partial charge in [-0.15, -0.1) is 0 Å². The Morgan fingerprint density at radius 1 is 0.933 bits per heavy atom. The van der Waals surface area contributed by atoms with E-state index in [9.17, 15) is 18.5 Å². The van der Waals surface area contributed by atoms with E-state index in [0.717, 1.165) is 11.6 Å². The number of sulfonamides is 1. The van der Waals surface area contributed by atoms with Crippen molar-refractivity contribution in [3.05, 3.63) is 70.3 Å². The van der Waals surface area contributed by atoms with Gasteiger partial charge in [0.1, 0.15) is 0 Å². The van der Waals surface area contributed by atoms with Gasteiger partial charge < -0.3 is 4.90 Å². The number of hydrogen-bond acceptors (Lipinski definition) is 5. The van der Waals surface area contributed by atoms with Gasteiger partial charge in [-0.05, 0) is 44.6 Å². The largest absolute Gasteiger partial charge is 0.306 e. The lowest BCUT2D eigenvalue weighted by molar-refractivity contribution is -0.384. The average molecular weight is 434 g/mol. The highest BCUT2D eigenvalue weighted by Crippen LogP contribution is 2.21. The van der Waals surface area contributed by atoms with E-state index in [0.29, 0.717) is 0 Å². The Labute approximate surface area is 179 Å². The molecule has 0 radical (unpaired) electrons. The Bertz CT molecular complexity index is 894. The number of nitro benzene ring substituents is 1. The highest BCUT2D eigenvalue weighted by molar-refractivity contribution is 7.89. The van der Waals surface area contributed by atoms with Gasteiger partial charge in [0.15, 0.2) is 0 Å². The summed E-state index contributed by atoms with van der Waals surface area (Å²) in [4.78, 5) is 12.4. The number of hydrogen-bond donors (Lipinski definition) is 0. The van der Waals surface area contributed by atoms with Gasteiger partial charge in [-0.25, -0.2) is 8.42 Å². The summed E-state index contributed by atoms with van der Waals surface area (Å²) in [7, 11) is 2.19. The first-order chi connectivity index (χ1) is 14.2. The molecule has 164 valence electrons. The van der Waals surface area contributed by atoms with Crippen LogP contribution in [0.1, 0.15) is 37.7 Å². The van der Waals surface area contributed by atoms with Crippen molar-refractivity contribution in [1.82, 2.24) is 9.21 Å². The number of rotatable bonds is 6. The van der Waals surface area contributed by atoms with E-state index in [2.05, 4.69) is 19.0 Å². The molecule has 3 rings (SSSR count). The van der Waals surface area contributed by atoms with Gasteiger partial charge in [-0.3, -0.25) is 10.1 Å². The van der Waals surface area contributed by atoms with E-state index in [1.54, 1.807) is 0 Å². The zero-order valence-corrected chi connectivity index (χ0v) is 18.7. The number of nitro groups is 1. The van der Waals surface area contributed by atoms with Crippen LogP contribution in [0.25, 0.3) is 0 Å². The van der Waals surface area contributed by atoms with Crippen LogP contribution in [0.2, 0.25) is 0 Å². The van der Waals surface area contributed by atoms with Crippen LogP contribution in [-0.2, 0) is 16.6 Å². The molecule has 0 saturated heterocycles. The Kier molecular flexibility index (Phi) is 8.95. The molecule has 0 atom stereocenters. The molecule has 0 bridgehead atoms. The van der Waals surface area contributed by atoms with E-state index in [4.69, 9.17) is 0 Å². The minimum absolute atomic E-state index is 0.0338.